The zero-order valence-corrected chi connectivity index (χ0v) is 16.2. The number of piperidine rings is 1. The maximum atomic E-state index is 13.9. The van der Waals surface area contributed by atoms with Gasteiger partial charge in [0.2, 0.25) is 0 Å². The van der Waals surface area contributed by atoms with Crippen LogP contribution in [0.15, 0.2) is 30.7 Å². The summed E-state index contributed by atoms with van der Waals surface area (Å²) in [6.07, 6.45) is 2.01. The number of hydrogen-bond donors (Lipinski definition) is 1. The van der Waals surface area contributed by atoms with E-state index in [0.29, 0.717) is 35.6 Å². The summed E-state index contributed by atoms with van der Waals surface area (Å²) >= 11 is 0. The standard InChI is InChI=1S/C20H22F3N5O/c1-12-9-28-10-14(7-17(29-2)19(28)26-12)13-6-16(20(21,22)23)18(25-8-13)27-5-3-4-15(24)11-27/h6-10,15H,3-5,11,24H2,1-2H3/t15-/m1/s1. The maximum Gasteiger partial charge on any atom is 0.419 e. The summed E-state index contributed by atoms with van der Waals surface area (Å²) in [6, 6.07) is 2.67. The Morgan fingerprint density at radius 1 is 1.21 bits per heavy atom. The Hall–Kier alpha value is -2.81. The number of imidazole rings is 1. The minimum atomic E-state index is -4.53. The molecule has 6 nitrogen and oxygen atoms in total. The topological polar surface area (TPSA) is 68.7 Å². The number of nitrogens with two attached hydrogens (primary N) is 1. The van der Waals surface area contributed by atoms with Crippen molar-refractivity contribution >= 4 is 11.5 Å². The molecule has 0 saturated carbocycles. The van der Waals surface area contributed by atoms with E-state index in [9.17, 15) is 13.2 Å². The van der Waals surface area contributed by atoms with Gasteiger partial charge in [0.25, 0.3) is 0 Å². The van der Waals surface area contributed by atoms with Crippen molar-refractivity contribution in [1.82, 2.24) is 14.4 Å². The maximum absolute atomic E-state index is 13.9. The van der Waals surface area contributed by atoms with Crippen LogP contribution in [0.3, 0.4) is 0 Å². The summed E-state index contributed by atoms with van der Waals surface area (Å²) in [4.78, 5) is 10.2. The minimum Gasteiger partial charge on any atom is -0.493 e. The van der Waals surface area contributed by atoms with Crippen molar-refractivity contribution in [3.63, 3.8) is 0 Å². The van der Waals surface area contributed by atoms with Gasteiger partial charge in [0.05, 0.1) is 18.4 Å². The first-order chi connectivity index (χ1) is 13.8. The first-order valence-corrected chi connectivity index (χ1v) is 9.37. The molecule has 2 N–H and O–H groups in total. The van der Waals surface area contributed by atoms with E-state index in [1.807, 2.05) is 6.92 Å². The summed E-state index contributed by atoms with van der Waals surface area (Å²) in [5.74, 6) is 0.415. The van der Waals surface area contributed by atoms with Crippen LogP contribution in [0.25, 0.3) is 16.8 Å². The van der Waals surface area contributed by atoms with Crippen LogP contribution in [0, 0.1) is 6.92 Å². The Balaban J connectivity index is 1.82. The molecular weight excluding hydrogens is 383 g/mol. The van der Waals surface area contributed by atoms with Gasteiger partial charge in [0.1, 0.15) is 5.82 Å². The van der Waals surface area contributed by atoms with Crippen molar-refractivity contribution in [3.8, 4) is 16.9 Å². The SMILES string of the molecule is COc1cc(-c2cnc(N3CCC[C@@H](N)C3)c(C(F)(F)F)c2)cn2cc(C)nc12. The molecule has 1 aliphatic heterocycles. The molecule has 3 aromatic rings. The van der Waals surface area contributed by atoms with Crippen molar-refractivity contribution in [2.24, 2.45) is 5.73 Å². The molecule has 0 radical (unpaired) electrons. The van der Waals surface area contributed by atoms with E-state index in [0.717, 1.165) is 24.6 Å². The highest BCUT2D eigenvalue weighted by atomic mass is 19.4. The second-order valence-corrected chi connectivity index (χ2v) is 7.35. The number of methoxy groups -OCH3 is 1. The molecule has 1 aliphatic rings. The lowest BCUT2D eigenvalue weighted by Crippen LogP contribution is -2.43. The summed E-state index contributed by atoms with van der Waals surface area (Å²) in [5, 5.41) is 0. The van der Waals surface area contributed by atoms with Crippen LogP contribution in [0.2, 0.25) is 0 Å². The number of pyridine rings is 2. The summed E-state index contributed by atoms with van der Waals surface area (Å²) in [7, 11) is 1.51. The van der Waals surface area contributed by atoms with Gasteiger partial charge in [-0.1, -0.05) is 0 Å². The van der Waals surface area contributed by atoms with E-state index in [2.05, 4.69) is 9.97 Å². The van der Waals surface area contributed by atoms with E-state index < -0.39 is 11.7 Å². The molecule has 1 fully saturated rings. The van der Waals surface area contributed by atoms with Gasteiger partial charge in [-0.05, 0) is 31.9 Å². The van der Waals surface area contributed by atoms with Crippen molar-refractivity contribution in [3.05, 3.63) is 42.0 Å². The number of alkyl halides is 3. The van der Waals surface area contributed by atoms with Crippen molar-refractivity contribution in [1.29, 1.82) is 0 Å². The fourth-order valence-corrected chi connectivity index (χ4v) is 3.78. The first-order valence-electron chi connectivity index (χ1n) is 9.37. The summed E-state index contributed by atoms with van der Waals surface area (Å²) < 4.78 is 48.7. The molecular formula is C20H22F3N5O. The van der Waals surface area contributed by atoms with Crippen LogP contribution < -0.4 is 15.4 Å². The van der Waals surface area contributed by atoms with E-state index in [-0.39, 0.29) is 11.9 Å². The third-order valence-electron chi connectivity index (χ3n) is 5.12. The number of ether oxygens (including phenoxy) is 1. The molecule has 154 valence electrons. The Kier molecular flexibility index (Phi) is 4.85. The highest BCUT2D eigenvalue weighted by Crippen LogP contribution is 2.39. The van der Waals surface area contributed by atoms with Crippen LogP contribution in [-0.4, -0.2) is 40.6 Å². The van der Waals surface area contributed by atoms with E-state index >= 15 is 0 Å². The molecule has 4 rings (SSSR count). The average Bonchev–Trinajstić information content (AvgIpc) is 3.06. The summed E-state index contributed by atoms with van der Waals surface area (Å²) in [6.45, 7) is 2.72. The molecule has 4 heterocycles. The minimum absolute atomic E-state index is 0.0667. The molecule has 9 heteroatoms. The average molecular weight is 405 g/mol. The van der Waals surface area contributed by atoms with Gasteiger partial charge in [0.15, 0.2) is 11.4 Å². The van der Waals surface area contributed by atoms with Gasteiger partial charge in [-0.3, -0.25) is 0 Å². The molecule has 1 saturated heterocycles. The lowest BCUT2D eigenvalue weighted by atomic mass is 10.0. The van der Waals surface area contributed by atoms with Crippen molar-refractivity contribution in [2.45, 2.75) is 32.0 Å². The van der Waals surface area contributed by atoms with Crippen molar-refractivity contribution in [2.75, 3.05) is 25.1 Å². The second-order valence-electron chi connectivity index (χ2n) is 7.35. The zero-order chi connectivity index (χ0) is 20.8. The van der Waals surface area contributed by atoms with Gasteiger partial charge < -0.3 is 19.8 Å². The highest BCUT2D eigenvalue weighted by Gasteiger charge is 2.37. The largest absolute Gasteiger partial charge is 0.493 e. The third kappa shape index (κ3) is 3.74. The number of anilines is 1. The van der Waals surface area contributed by atoms with E-state index in [1.165, 1.54) is 13.3 Å². The number of halogens is 3. The molecule has 3 aromatic heterocycles. The zero-order valence-electron chi connectivity index (χ0n) is 16.2. The number of aromatic nitrogens is 3. The Morgan fingerprint density at radius 3 is 2.69 bits per heavy atom. The van der Waals surface area contributed by atoms with Gasteiger partial charge >= 0.3 is 6.18 Å². The molecule has 1 atom stereocenters. The van der Waals surface area contributed by atoms with Crippen LogP contribution in [0.1, 0.15) is 24.1 Å². The lowest BCUT2D eigenvalue weighted by Gasteiger charge is -2.33. The van der Waals surface area contributed by atoms with Crippen molar-refractivity contribution < 1.29 is 17.9 Å². The molecule has 0 aliphatic carbocycles. The van der Waals surface area contributed by atoms with Crippen LogP contribution in [0.4, 0.5) is 19.0 Å². The van der Waals surface area contributed by atoms with Gasteiger partial charge in [0, 0.05) is 48.8 Å². The number of hydrogen-bond acceptors (Lipinski definition) is 5. The molecule has 0 amide bonds. The lowest BCUT2D eigenvalue weighted by molar-refractivity contribution is -0.137. The molecule has 0 spiro atoms. The molecule has 0 aromatic carbocycles. The van der Waals surface area contributed by atoms with Crippen LogP contribution in [-0.2, 0) is 6.18 Å². The monoisotopic (exact) mass is 405 g/mol. The number of rotatable bonds is 3. The quantitative estimate of drug-likeness (QED) is 0.720. The van der Waals surface area contributed by atoms with Crippen LogP contribution >= 0.6 is 0 Å². The molecule has 0 unspecified atom stereocenters. The fourth-order valence-electron chi connectivity index (χ4n) is 3.78. The predicted molar refractivity (Wildman–Crippen MR) is 104 cm³/mol. The van der Waals surface area contributed by atoms with Gasteiger partial charge in [-0.25, -0.2) is 9.97 Å². The van der Waals surface area contributed by atoms with Crippen LogP contribution in [0.5, 0.6) is 5.75 Å². The summed E-state index contributed by atoms with van der Waals surface area (Å²) in [5.41, 5.74) is 7.51. The number of nitrogens with zero attached hydrogens (tertiary/aromatic N) is 4. The number of fused-ring (bicyclic) bond motifs is 1. The van der Waals surface area contributed by atoms with Gasteiger partial charge in [-0.2, -0.15) is 13.2 Å². The smallest absolute Gasteiger partial charge is 0.419 e. The Labute approximate surface area is 166 Å². The highest BCUT2D eigenvalue weighted by molar-refractivity contribution is 5.71. The predicted octanol–water partition coefficient (Wildman–Crippen LogP) is 3.66. The van der Waals surface area contributed by atoms with Gasteiger partial charge in [-0.15, -0.1) is 0 Å². The third-order valence-corrected chi connectivity index (χ3v) is 5.12. The Bertz CT molecular complexity index is 1050. The first kappa shape index (κ1) is 19.5. The van der Waals surface area contributed by atoms with E-state index in [1.54, 1.807) is 27.8 Å². The normalized spacial score (nSPS) is 17.7. The molecule has 29 heavy (non-hydrogen) atoms. The molecule has 0 bridgehead atoms. The number of aryl methyl sites for hydroxylation is 1. The fraction of sp³-hybridized carbons (Fsp3) is 0.400. The van der Waals surface area contributed by atoms with E-state index in [4.69, 9.17) is 10.5 Å². The second kappa shape index (κ2) is 7.22. The Morgan fingerprint density at radius 2 is 2.00 bits per heavy atom.